The van der Waals surface area contributed by atoms with Gasteiger partial charge < -0.3 is 15.3 Å². The van der Waals surface area contributed by atoms with Crippen molar-refractivity contribution < 1.29 is 23.1 Å². The third-order valence-electron chi connectivity index (χ3n) is 2.71. The maximum atomic E-state index is 12.6. The second kappa shape index (κ2) is 7.99. The maximum Gasteiger partial charge on any atom is 0.416 e. The molecule has 2 N–H and O–H groups in total. The maximum absolute atomic E-state index is 12.6. The average molecular weight is 353 g/mol. The summed E-state index contributed by atoms with van der Waals surface area (Å²) in [7, 11) is 0. The molecule has 0 radical (unpaired) electrons. The van der Waals surface area contributed by atoms with Gasteiger partial charge in [0.25, 0.3) is 0 Å². The molecule has 0 amide bonds. The predicted octanol–water partition coefficient (Wildman–Crippen LogP) is 3.37. The number of hydrogen-bond donors (Lipinski definition) is 2. The van der Waals surface area contributed by atoms with Crippen molar-refractivity contribution in [2.75, 3.05) is 13.2 Å². The van der Waals surface area contributed by atoms with Crippen LogP contribution in [0.25, 0.3) is 0 Å². The normalized spacial score (nSPS) is 14.7. The second-order valence-corrected chi connectivity index (χ2v) is 6.40. The number of halogens is 4. The first-order valence-electron chi connectivity index (χ1n) is 6.95. The minimum atomic E-state index is -4.46. The van der Waals surface area contributed by atoms with Crippen LogP contribution >= 0.6 is 11.6 Å². The number of nitrogens with one attached hydrogen (secondary N) is 1. The highest BCUT2D eigenvalue weighted by molar-refractivity contribution is 6.69. The van der Waals surface area contributed by atoms with Gasteiger partial charge in [-0.3, -0.25) is 0 Å². The van der Waals surface area contributed by atoms with Gasteiger partial charge in [-0.1, -0.05) is 28.9 Å². The van der Waals surface area contributed by atoms with Crippen molar-refractivity contribution in [1.82, 2.24) is 5.32 Å². The number of oxime groups is 1. The molecule has 0 bridgehead atoms. The number of benzene rings is 1. The Bertz CT molecular complexity index is 542. The van der Waals surface area contributed by atoms with Crippen molar-refractivity contribution in [2.24, 2.45) is 5.16 Å². The molecule has 4 nitrogen and oxygen atoms in total. The first-order chi connectivity index (χ1) is 10.5. The summed E-state index contributed by atoms with van der Waals surface area (Å²) >= 11 is 5.82. The third-order valence-corrected chi connectivity index (χ3v) is 2.99. The van der Waals surface area contributed by atoms with Gasteiger partial charge in [0.1, 0.15) is 12.7 Å². The SMILES string of the molecule is CC(C)(C)NCC(O)CON=C(Cl)c1cccc(C(F)(F)F)c1. The molecule has 130 valence electrons. The summed E-state index contributed by atoms with van der Waals surface area (Å²) in [6, 6.07) is 4.45. The molecule has 23 heavy (non-hydrogen) atoms. The number of aliphatic hydroxyl groups is 1. The van der Waals surface area contributed by atoms with Gasteiger partial charge in [0.05, 0.1) is 5.56 Å². The topological polar surface area (TPSA) is 53.8 Å². The fraction of sp³-hybridized carbons (Fsp3) is 0.533. The zero-order chi connectivity index (χ0) is 17.7. The summed E-state index contributed by atoms with van der Waals surface area (Å²) in [4.78, 5) is 4.89. The smallest absolute Gasteiger partial charge is 0.392 e. The minimum Gasteiger partial charge on any atom is -0.392 e. The van der Waals surface area contributed by atoms with Crippen molar-refractivity contribution >= 4 is 16.8 Å². The van der Waals surface area contributed by atoms with Gasteiger partial charge in [-0.25, -0.2) is 0 Å². The molecule has 0 spiro atoms. The molecule has 0 aromatic heterocycles. The third kappa shape index (κ3) is 7.67. The largest absolute Gasteiger partial charge is 0.416 e. The van der Waals surface area contributed by atoms with E-state index in [1.807, 2.05) is 20.8 Å². The van der Waals surface area contributed by atoms with Crippen molar-refractivity contribution in [1.29, 1.82) is 0 Å². The standard InChI is InChI=1S/C15H20ClF3N2O2/c1-14(2,3)20-8-12(22)9-23-21-13(16)10-5-4-6-11(7-10)15(17,18)19/h4-7,12,20,22H,8-9H2,1-3H3. The summed E-state index contributed by atoms with van der Waals surface area (Å²) in [6.45, 7) is 6.01. The molecule has 1 aromatic carbocycles. The summed E-state index contributed by atoms with van der Waals surface area (Å²) in [5, 5.41) is 16.1. The van der Waals surface area contributed by atoms with Gasteiger partial charge in [0.15, 0.2) is 5.17 Å². The zero-order valence-electron chi connectivity index (χ0n) is 13.1. The Morgan fingerprint density at radius 1 is 1.35 bits per heavy atom. The Morgan fingerprint density at radius 2 is 2.00 bits per heavy atom. The first-order valence-corrected chi connectivity index (χ1v) is 7.33. The van der Waals surface area contributed by atoms with E-state index in [2.05, 4.69) is 10.5 Å². The lowest BCUT2D eigenvalue weighted by molar-refractivity contribution is -0.137. The van der Waals surface area contributed by atoms with Crippen LogP contribution in [0.4, 0.5) is 13.2 Å². The number of aliphatic hydroxyl groups excluding tert-OH is 1. The molecular weight excluding hydrogens is 333 g/mol. The monoisotopic (exact) mass is 352 g/mol. The number of rotatable bonds is 6. The number of hydrogen-bond acceptors (Lipinski definition) is 4. The van der Waals surface area contributed by atoms with E-state index in [1.54, 1.807) is 0 Å². The van der Waals surface area contributed by atoms with Crippen LogP contribution in [0.3, 0.4) is 0 Å². The van der Waals surface area contributed by atoms with Gasteiger partial charge >= 0.3 is 6.18 Å². The Balaban J connectivity index is 2.58. The molecule has 0 fully saturated rings. The van der Waals surface area contributed by atoms with Gasteiger partial charge in [-0.2, -0.15) is 13.2 Å². The molecule has 1 atom stereocenters. The van der Waals surface area contributed by atoms with E-state index < -0.39 is 17.8 Å². The van der Waals surface area contributed by atoms with Crippen LogP contribution in [0.15, 0.2) is 29.4 Å². The Labute approximate surface area is 138 Å². The van der Waals surface area contributed by atoms with Crippen molar-refractivity contribution in [2.45, 2.75) is 38.6 Å². The molecule has 1 rings (SSSR count). The molecule has 0 heterocycles. The van der Waals surface area contributed by atoms with Gasteiger partial charge in [0, 0.05) is 17.6 Å². The average Bonchev–Trinajstić information content (AvgIpc) is 2.43. The van der Waals surface area contributed by atoms with Crippen LogP contribution in [-0.4, -0.2) is 35.1 Å². The minimum absolute atomic E-state index is 0.0868. The summed E-state index contributed by atoms with van der Waals surface area (Å²) in [5.74, 6) is 0. The summed E-state index contributed by atoms with van der Waals surface area (Å²) in [6.07, 6.45) is -5.27. The molecule has 0 saturated heterocycles. The van der Waals surface area contributed by atoms with Crippen LogP contribution in [0.5, 0.6) is 0 Å². The van der Waals surface area contributed by atoms with E-state index in [0.29, 0.717) is 6.54 Å². The number of nitrogens with zero attached hydrogens (tertiary/aromatic N) is 1. The quantitative estimate of drug-likeness (QED) is 0.609. The highest BCUT2D eigenvalue weighted by Gasteiger charge is 2.30. The van der Waals surface area contributed by atoms with E-state index in [-0.39, 0.29) is 22.9 Å². The lowest BCUT2D eigenvalue weighted by Crippen LogP contribution is -2.42. The number of β-amino-alcohol motifs (C(OH)–C–C–N with tert-alkyl or cyclic N) is 1. The van der Waals surface area contributed by atoms with Crippen LogP contribution < -0.4 is 5.32 Å². The molecule has 0 aliphatic heterocycles. The van der Waals surface area contributed by atoms with Crippen LogP contribution in [0, 0.1) is 0 Å². The highest BCUT2D eigenvalue weighted by atomic mass is 35.5. The lowest BCUT2D eigenvalue weighted by atomic mass is 10.1. The van der Waals surface area contributed by atoms with E-state index in [0.717, 1.165) is 12.1 Å². The van der Waals surface area contributed by atoms with Crippen molar-refractivity contribution in [3.63, 3.8) is 0 Å². The zero-order valence-corrected chi connectivity index (χ0v) is 13.9. The molecule has 0 saturated carbocycles. The molecule has 1 unspecified atom stereocenters. The fourth-order valence-corrected chi connectivity index (χ4v) is 1.71. The molecule has 0 aliphatic carbocycles. The van der Waals surface area contributed by atoms with Gasteiger partial charge in [-0.05, 0) is 32.9 Å². The molecular formula is C15H20ClF3N2O2. The molecule has 1 aromatic rings. The molecule has 8 heteroatoms. The van der Waals surface area contributed by atoms with E-state index in [4.69, 9.17) is 16.4 Å². The van der Waals surface area contributed by atoms with E-state index >= 15 is 0 Å². The fourth-order valence-electron chi connectivity index (χ4n) is 1.54. The lowest BCUT2D eigenvalue weighted by Gasteiger charge is -2.22. The van der Waals surface area contributed by atoms with E-state index in [1.165, 1.54) is 12.1 Å². The predicted molar refractivity (Wildman–Crippen MR) is 83.5 cm³/mol. The van der Waals surface area contributed by atoms with Crippen molar-refractivity contribution in [3.8, 4) is 0 Å². The second-order valence-electron chi connectivity index (χ2n) is 6.04. The van der Waals surface area contributed by atoms with Gasteiger partial charge in [-0.15, -0.1) is 0 Å². The number of alkyl halides is 3. The van der Waals surface area contributed by atoms with Gasteiger partial charge in [0.2, 0.25) is 0 Å². The first kappa shape index (κ1) is 19.7. The van der Waals surface area contributed by atoms with Crippen molar-refractivity contribution in [3.05, 3.63) is 35.4 Å². The Kier molecular flexibility index (Phi) is 6.85. The Hall–Kier alpha value is -1.31. The van der Waals surface area contributed by atoms with Crippen LogP contribution in [0.1, 0.15) is 31.9 Å². The summed E-state index contributed by atoms with van der Waals surface area (Å²) < 4.78 is 37.8. The Morgan fingerprint density at radius 3 is 2.57 bits per heavy atom. The van der Waals surface area contributed by atoms with Crippen LogP contribution in [-0.2, 0) is 11.0 Å². The summed E-state index contributed by atoms with van der Waals surface area (Å²) in [5.41, 5.74) is -0.888. The molecule has 0 aliphatic rings. The highest BCUT2D eigenvalue weighted by Crippen LogP contribution is 2.29. The van der Waals surface area contributed by atoms with E-state index in [9.17, 15) is 18.3 Å². The van der Waals surface area contributed by atoms with Crippen LogP contribution in [0.2, 0.25) is 0 Å².